The summed E-state index contributed by atoms with van der Waals surface area (Å²) in [5, 5.41) is 5.34. The van der Waals surface area contributed by atoms with Crippen molar-refractivity contribution < 1.29 is 22.4 Å². The van der Waals surface area contributed by atoms with Gasteiger partial charge in [0.15, 0.2) is 0 Å². The van der Waals surface area contributed by atoms with Crippen LogP contribution in [0, 0.1) is 5.82 Å². The van der Waals surface area contributed by atoms with Crippen LogP contribution in [0.2, 0.25) is 0 Å². The van der Waals surface area contributed by atoms with Gasteiger partial charge in [-0.15, -0.1) is 0 Å². The summed E-state index contributed by atoms with van der Waals surface area (Å²) in [5.41, 5.74) is 0.0422. The monoisotopic (exact) mass is 375 g/mol. The molecule has 0 aliphatic rings. The number of hydrogen-bond acceptors (Lipinski definition) is 3. The molecule has 8 heteroatoms. The quantitative estimate of drug-likeness (QED) is 0.614. The fourth-order valence-corrected chi connectivity index (χ4v) is 2.30. The Labute approximate surface area is 151 Å². The number of nitrogens with one attached hydrogen (secondary N) is 2. The topological polar surface area (TPSA) is 54.0 Å². The van der Waals surface area contributed by atoms with Crippen LogP contribution in [0.1, 0.15) is 15.9 Å². The Morgan fingerprint density at radius 2 is 1.67 bits per heavy atom. The summed E-state index contributed by atoms with van der Waals surface area (Å²) >= 11 is 0. The first kappa shape index (κ1) is 18.4. The maximum atomic E-state index is 12.9. The molecule has 0 aliphatic carbocycles. The van der Waals surface area contributed by atoms with E-state index in [1.54, 1.807) is 0 Å². The Hall–Kier alpha value is -3.42. The maximum absolute atomic E-state index is 12.9. The molecule has 1 amide bonds. The number of anilines is 3. The number of aromatic nitrogens is 1. The van der Waals surface area contributed by atoms with Crippen molar-refractivity contribution in [1.82, 2.24) is 4.98 Å². The average Bonchev–Trinajstić information content (AvgIpc) is 2.63. The number of carbonyl (C=O) groups is 1. The van der Waals surface area contributed by atoms with Crippen LogP contribution < -0.4 is 10.6 Å². The minimum Gasteiger partial charge on any atom is -0.340 e. The first-order valence-electron chi connectivity index (χ1n) is 7.78. The van der Waals surface area contributed by atoms with Crippen LogP contribution in [0.25, 0.3) is 0 Å². The van der Waals surface area contributed by atoms with Gasteiger partial charge in [-0.1, -0.05) is 6.07 Å². The van der Waals surface area contributed by atoms with Crippen LogP contribution >= 0.6 is 0 Å². The molecule has 138 valence electrons. The van der Waals surface area contributed by atoms with E-state index in [1.807, 2.05) is 0 Å². The van der Waals surface area contributed by atoms with E-state index in [0.29, 0.717) is 5.69 Å². The lowest BCUT2D eigenvalue weighted by atomic mass is 10.2. The summed E-state index contributed by atoms with van der Waals surface area (Å²) in [5.74, 6) is -0.679. The van der Waals surface area contributed by atoms with Gasteiger partial charge in [-0.3, -0.25) is 4.79 Å². The number of carbonyl (C=O) groups excluding carboxylic acids is 1. The van der Waals surface area contributed by atoms with E-state index in [0.717, 1.165) is 12.1 Å². The van der Waals surface area contributed by atoms with Gasteiger partial charge in [0, 0.05) is 23.1 Å². The summed E-state index contributed by atoms with van der Waals surface area (Å²) in [6.07, 6.45) is -3.10. The normalized spacial score (nSPS) is 11.1. The highest BCUT2D eigenvalue weighted by molar-refractivity contribution is 6.04. The number of rotatable bonds is 4. The molecule has 3 aromatic rings. The van der Waals surface area contributed by atoms with E-state index < -0.39 is 23.5 Å². The molecule has 0 saturated heterocycles. The van der Waals surface area contributed by atoms with Gasteiger partial charge < -0.3 is 10.6 Å². The third-order valence-corrected chi connectivity index (χ3v) is 3.59. The zero-order valence-electron chi connectivity index (χ0n) is 13.7. The summed E-state index contributed by atoms with van der Waals surface area (Å²) in [6, 6.07) is 12.8. The molecular weight excluding hydrogens is 362 g/mol. The number of amides is 1. The van der Waals surface area contributed by atoms with E-state index >= 15 is 0 Å². The second-order valence-corrected chi connectivity index (χ2v) is 5.59. The first-order chi connectivity index (χ1) is 12.8. The standard InChI is InChI=1S/C19H13F4N3O/c20-14-4-6-15(7-5-14)26-18(27)12-8-9-24-17(10-12)25-16-3-1-2-13(11-16)19(21,22)23/h1-11H,(H,24,25)(H,26,27). The van der Waals surface area contributed by atoms with E-state index in [9.17, 15) is 22.4 Å². The van der Waals surface area contributed by atoms with E-state index in [1.165, 1.54) is 54.7 Å². The molecule has 0 radical (unpaired) electrons. The predicted molar refractivity (Wildman–Crippen MR) is 93.3 cm³/mol. The molecule has 3 rings (SSSR count). The maximum Gasteiger partial charge on any atom is 0.416 e. The number of hydrogen-bond donors (Lipinski definition) is 2. The van der Waals surface area contributed by atoms with Crippen molar-refractivity contribution in [3.05, 3.63) is 83.8 Å². The van der Waals surface area contributed by atoms with Crippen molar-refractivity contribution in [1.29, 1.82) is 0 Å². The van der Waals surface area contributed by atoms with Crippen LogP contribution in [0.3, 0.4) is 0 Å². The van der Waals surface area contributed by atoms with Crippen LogP contribution in [-0.2, 0) is 6.18 Å². The molecule has 1 heterocycles. The van der Waals surface area contributed by atoms with Gasteiger partial charge >= 0.3 is 6.18 Å². The Bertz CT molecular complexity index is 956. The number of pyridine rings is 1. The minimum absolute atomic E-state index is 0.188. The number of benzene rings is 2. The largest absolute Gasteiger partial charge is 0.416 e. The van der Waals surface area contributed by atoms with Gasteiger partial charge in [0.05, 0.1) is 5.56 Å². The Morgan fingerprint density at radius 3 is 2.37 bits per heavy atom. The lowest BCUT2D eigenvalue weighted by Gasteiger charge is -2.11. The van der Waals surface area contributed by atoms with Crippen molar-refractivity contribution in [2.24, 2.45) is 0 Å². The van der Waals surface area contributed by atoms with Crippen LogP contribution in [-0.4, -0.2) is 10.9 Å². The first-order valence-corrected chi connectivity index (χ1v) is 7.78. The van der Waals surface area contributed by atoms with Gasteiger partial charge in [0.1, 0.15) is 11.6 Å². The highest BCUT2D eigenvalue weighted by atomic mass is 19.4. The smallest absolute Gasteiger partial charge is 0.340 e. The summed E-state index contributed by atoms with van der Waals surface area (Å²) in [7, 11) is 0. The zero-order chi connectivity index (χ0) is 19.4. The van der Waals surface area contributed by atoms with Crippen molar-refractivity contribution >= 4 is 23.1 Å². The highest BCUT2D eigenvalue weighted by Crippen LogP contribution is 2.31. The molecule has 0 spiro atoms. The molecule has 2 N–H and O–H groups in total. The molecular formula is C19H13F4N3O. The minimum atomic E-state index is -4.46. The second-order valence-electron chi connectivity index (χ2n) is 5.59. The highest BCUT2D eigenvalue weighted by Gasteiger charge is 2.30. The molecule has 2 aromatic carbocycles. The molecule has 4 nitrogen and oxygen atoms in total. The van der Waals surface area contributed by atoms with E-state index in [4.69, 9.17) is 0 Å². The molecule has 27 heavy (non-hydrogen) atoms. The van der Waals surface area contributed by atoms with Crippen LogP contribution in [0.5, 0.6) is 0 Å². The lowest BCUT2D eigenvalue weighted by Crippen LogP contribution is -2.12. The van der Waals surface area contributed by atoms with Gasteiger partial charge in [-0.25, -0.2) is 9.37 Å². The van der Waals surface area contributed by atoms with Gasteiger partial charge in [-0.2, -0.15) is 13.2 Å². The number of alkyl halides is 3. The molecule has 0 fully saturated rings. The molecule has 0 atom stereocenters. The Kier molecular flexibility index (Phi) is 5.07. The summed E-state index contributed by atoms with van der Waals surface area (Å²) < 4.78 is 51.3. The van der Waals surface area contributed by atoms with Gasteiger partial charge in [0.25, 0.3) is 5.91 Å². The molecule has 0 saturated carbocycles. The molecule has 0 unspecified atom stereocenters. The molecule has 1 aromatic heterocycles. The third kappa shape index (κ3) is 4.81. The SMILES string of the molecule is O=C(Nc1ccc(F)cc1)c1ccnc(Nc2cccc(C(F)(F)F)c2)c1. The number of halogens is 4. The lowest BCUT2D eigenvalue weighted by molar-refractivity contribution is -0.137. The van der Waals surface area contributed by atoms with Crippen molar-refractivity contribution in [3.63, 3.8) is 0 Å². The predicted octanol–water partition coefficient (Wildman–Crippen LogP) is 5.24. The van der Waals surface area contributed by atoms with Gasteiger partial charge in [-0.05, 0) is 54.6 Å². The average molecular weight is 375 g/mol. The van der Waals surface area contributed by atoms with Crippen molar-refractivity contribution in [2.75, 3.05) is 10.6 Å². The fourth-order valence-electron chi connectivity index (χ4n) is 2.30. The Morgan fingerprint density at radius 1 is 0.926 bits per heavy atom. The third-order valence-electron chi connectivity index (χ3n) is 3.59. The van der Waals surface area contributed by atoms with E-state index in [-0.39, 0.29) is 17.1 Å². The summed E-state index contributed by atoms with van der Waals surface area (Å²) in [4.78, 5) is 16.3. The fraction of sp³-hybridized carbons (Fsp3) is 0.0526. The van der Waals surface area contributed by atoms with Gasteiger partial charge in [0.2, 0.25) is 0 Å². The molecule has 0 aliphatic heterocycles. The molecule has 0 bridgehead atoms. The van der Waals surface area contributed by atoms with Crippen molar-refractivity contribution in [3.8, 4) is 0 Å². The summed E-state index contributed by atoms with van der Waals surface area (Å²) in [6.45, 7) is 0. The van der Waals surface area contributed by atoms with Crippen LogP contribution in [0.15, 0.2) is 66.9 Å². The zero-order valence-corrected chi connectivity index (χ0v) is 13.7. The van der Waals surface area contributed by atoms with Crippen LogP contribution in [0.4, 0.5) is 34.8 Å². The second kappa shape index (κ2) is 7.45. The Balaban J connectivity index is 1.75. The number of nitrogens with zero attached hydrogens (tertiary/aromatic N) is 1. The van der Waals surface area contributed by atoms with Crippen molar-refractivity contribution in [2.45, 2.75) is 6.18 Å². The van der Waals surface area contributed by atoms with E-state index in [2.05, 4.69) is 15.6 Å².